The highest BCUT2D eigenvalue weighted by molar-refractivity contribution is 6.09. The number of allylic oxidation sites excluding steroid dienone is 2. The quantitative estimate of drug-likeness (QED) is 0.785. The largest absolute Gasteiger partial charge is 0.366 e. The van der Waals surface area contributed by atoms with Crippen molar-refractivity contribution >= 4 is 22.4 Å². The van der Waals surface area contributed by atoms with E-state index < -0.39 is 11.7 Å². The summed E-state index contributed by atoms with van der Waals surface area (Å²) in [5, 5.41) is 0.765. The third-order valence-electron chi connectivity index (χ3n) is 5.07. The molecule has 0 unspecified atom stereocenters. The minimum absolute atomic E-state index is 0.159. The van der Waals surface area contributed by atoms with E-state index in [1.165, 1.54) is 6.07 Å². The maximum Gasteiger partial charge on any atom is 0.250 e. The van der Waals surface area contributed by atoms with E-state index in [0.29, 0.717) is 11.1 Å². The molecule has 4 nitrogen and oxygen atoms in total. The Bertz CT molecular complexity index is 835. The van der Waals surface area contributed by atoms with E-state index in [4.69, 9.17) is 11.5 Å². The van der Waals surface area contributed by atoms with Crippen LogP contribution in [0.1, 0.15) is 59.3 Å². The van der Waals surface area contributed by atoms with Crippen LogP contribution in [-0.4, -0.2) is 16.9 Å². The molecular weight excluding hydrogens is 305 g/mol. The summed E-state index contributed by atoms with van der Waals surface area (Å²) in [5.41, 5.74) is 15.8. The van der Waals surface area contributed by atoms with Crippen molar-refractivity contribution in [2.75, 3.05) is 0 Å². The van der Waals surface area contributed by atoms with Crippen molar-refractivity contribution in [2.45, 2.75) is 52.0 Å². The van der Waals surface area contributed by atoms with E-state index in [-0.39, 0.29) is 11.6 Å². The van der Waals surface area contributed by atoms with Gasteiger partial charge in [-0.25, -0.2) is 4.39 Å². The van der Waals surface area contributed by atoms with Crippen molar-refractivity contribution in [1.82, 2.24) is 4.98 Å². The van der Waals surface area contributed by atoms with Crippen LogP contribution < -0.4 is 11.5 Å². The third-order valence-corrected chi connectivity index (χ3v) is 5.07. The molecule has 1 aromatic carbocycles. The summed E-state index contributed by atoms with van der Waals surface area (Å²) >= 11 is 0. The van der Waals surface area contributed by atoms with Gasteiger partial charge in [0, 0.05) is 22.7 Å². The Morgan fingerprint density at radius 1 is 1.33 bits per heavy atom. The topological polar surface area (TPSA) is 84.9 Å². The molecule has 0 spiro atoms. The zero-order chi connectivity index (χ0) is 17.4. The molecule has 3 rings (SSSR count). The van der Waals surface area contributed by atoms with Crippen molar-refractivity contribution in [3.8, 4) is 0 Å². The number of halogens is 1. The van der Waals surface area contributed by atoms with Gasteiger partial charge in [0.05, 0.1) is 11.1 Å². The number of benzene rings is 1. The second-order valence-corrected chi connectivity index (χ2v) is 6.73. The smallest absolute Gasteiger partial charge is 0.250 e. The van der Waals surface area contributed by atoms with Gasteiger partial charge in [0.15, 0.2) is 0 Å². The van der Waals surface area contributed by atoms with Gasteiger partial charge in [0.1, 0.15) is 5.82 Å². The SMILES string of the molecule is Cc1[nH]c2c(C(N)=O)cc(F)c(/C3=C\CCC[C@H](N)CC3)c2c1C. The number of nitrogens with two attached hydrogens (primary N) is 2. The van der Waals surface area contributed by atoms with E-state index >= 15 is 0 Å². The van der Waals surface area contributed by atoms with E-state index in [1.54, 1.807) is 0 Å². The minimum Gasteiger partial charge on any atom is -0.366 e. The predicted octanol–water partition coefficient (Wildman–Crippen LogP) is 3.70. The molecule has 0 aliphatic heterocycles. The first-order valence-electron chi connectivity index (χ1n) is 8.46. The lowest BCUT2D eigenvalue weighted by Gasteiger charge is -2.18. The maximum absolute atomic E-state index is 15.0. The molecular formula is C19H24FN3O. The van der Waals surface area contributed by atoms with Crippen LogP contribution in [0.3, 0.4) is 0 Å². The summed E-state index contributed by atoms with van der Waals surface area (Å²) in [6, 6.07) is 1.42. The number of primary amides is 1. The van der Waals surface area contributed by atoms with E-state index in [0.717, 1.165) is 54.3 Å². The lowest BCUT2D eigenvalue weighted by Crippen LogP contribution is -2.20. The van der Waals surface area contributed by atoms with Crippen LogP contribution >= 0.6 is 0 Å². The van der Waals surface area contributed by atoms with Crippen molar-refractivity contribution in [3.63, 3.8) is 0 Å². The van der Waals surface area contributed by atoms with Crippen molar-refractivity contribution in [3.05, 3.63) is 40.3 Å². The number of nitrogens with one attached hydrogen (secondary N) is 1. The number of rotatable bonds is 2. The molecule has 5 N–H and O–H groups in total. The van der Waals surface area contributed by atoms with Crippen molar-refractivity contribution in [2.24, 2.45) is 11.5 Å². The number of amides is 1. The van der Waals surface area contributed by atoms with Gasteiger partial charge in [0.2, 0.25) is 0 Å². The van der Waals surface area contributed by atoms with E-state index in [9.17, 15) is 9.18 Å². The second-order valence-electron chi connectivity index (χ2n) is 6.73. The Morgan fingerprint density at radius 3 is 2.79 bits per heavy atom. The minimum atomic E-state index is -0.625. The molecule has 0 radical (unpaired) electrons. The van der Waals surface area contributed by atoms with Crippen molar-refractivity contribution in [1.29, 1.82) is 0 Å². The Hall–Kier alpha value is -2.14. The maximum atomic E-state index is 15.0. The number of H-pyrrole nitrogens is 1. The highest BCUT2D eigenvalue weighted by atomic mass is 19.1. The molecule has 1 aromatic heterocycles. The average Bonchev–Trinajstić information content (AvgIpc) is 2.80. The number of fused-ring (bicyclic) bond motifs is 1. The monoisotopic (exact) mass is 329 g/mol. The summed E-state index contributed by atoms with van der Waals surface area (Å²) in [5.74, 6) is -1.01. The summed E-state index contributed by atoms with van der Waals surface area (Å²) in [4.78, 5) is 14.9. The Kier molecular flexibility index (Phi) is 4.45. The number of hydrogen-bond acceptors (Lipinski definition) is 2. The zero-order valence-electron chi connectivity index (χ0n) is 14.2. The molecule has 1 amide bonds. The van der Waals surface area contributed by atoms with Gasteiger partial charge in [-0.15, -0.1) is 0 Å². The van der Waals surface area contributed by atoms with Crippen LogP contribution in [0.15, 0.2) is 12.1 Å². The fraction of sp³-hybridized carbons (Fsp3) is 0.421. The van der Waals surface area contributed by atoms with E-state index in [1.807, 2.05) is 13.8 Å². The second kappa shape index (κ2) is 6.40. The number of hydrogen-bond donors (Lipinski definition) is 3. The third kappa shape index (κ3) is 2.84. The first-order valence-corrected chi connectivity index (χ1v) is 8.46. The summed E-state index contributed by atoms with van der Waals surface area (Å²) in [7, 11) is 0. The van der Waals surface area contributed by atoms with Crippen LogP contribution in [0.25, 0.3) is 16.5 Å². The Morgan fingerprint density at radius 2 is 2.08 bits per heavy atom. The lowest BCUT2D eigenvalue weighted by atomic mass is 9.89. The molecule has 128 valence electrons. The van der Waals surface area contributed by atoms with E-state index in [2.05, 4.69) is 11.1 Å². The fourth-order valence-electron chi connectivity index (χ4n) is 3.60. The average molecular weight is 329 g/mol. The molecule has 1 aliphatic carbocycles. The zero-order valence-corrected chi connectivity index (χ0v) is 14.2. The van der Waals surface area contributed by atoms with Gasteiger partial charge in [-0.1, -0.05) is 6.08 Å². The number of carbonyl (C=O) groups excluding carboxylic acids is 1. The highest BCUT2D eigenvalue weighted by Gasteiger charge is 2.22. The van der Waals surface area contributed by atoms with Gasteiger partial charge >= 0.3 is 0 Å². The van der Waals surface area contributed by atoms with Crippen molar-refractivity contribution < 1.29 is 9.18 Å². The predicted molar refractivity (Wildman–Crippen MR) is 95.3 cm³/mol. The molecule has 0 saturated heterocycles. The lowest BCUT2D eigenvalue weighted by molar-refractivity contribution is 0.100. The molecule has 0 saturated carbocycles. The molecule has 0 bridgehead atoms. The highest BCUT2D eigenvalue weighted by Crippen LogP contribution is 2.37. The number of aromatic amines is 1. The van der Waals surface area contributed by atoms with Crippen LogP contribution in [0.4, 0.5) is 4.39 Å². The van der Waals surface area contributed by atoms with Crippen LogP contribution in [0.2, 0.25) is 0 Å². The summed E-state index contributed by atoms with van der Waals surface area (Å²) < 4.78 is 15.0. The van der Waals surface area contributed by atoms with Gasteiger partial charge in [-0.3, -0.25) is 4.79 Å². The summed E-state index contributed by atoms with van der Waals surface area (Å²) in [6.07, 6.45) is 6.61. The molecule has 2 aromatic rings. The fourth-order valence-corrected chi connectivity index (χ4v) is 3.60. The molecule has 0 fully saturated rings. The van der Waals surface area contributed by atoms with Crippen LogP contribution in [-0.2, 0) is 0 Å². The van der Waals surface area contributed by atoms with Crippen LogP contribution in [0, 0.1) is 19.7 Å². The van der Waals surface area contributed by atoms with Gasteiger partial charge < -0.3 is 16.5 Å². The number of aryl methyl sites for hydroxylation is 2. The summed E-state index contributed by atoms with van der Waals surface area (Å²) in [6.45, 7) is 3.86. The molecule has 1 heterocycles. The normalized spacial score (nSPS) is 21.2. The number of carbonyl (C=O) groups is 1. The standard InChI is InChI=1S/C19H24FN3O/c1-10-11(2)23-18-14(19(22)24)9-15(20)17(16(10)18)12-5-3-4-6-13(21)8-7-12/h5,9,13,23H,3-4,6-8,21H2,1-2H3,(H2,22,24)/b12-5-/t13-/m0/s1. The first-order chi connectivity index (χ1) is 11.4. The molecule has 1 aliphatic rings. The molecule has 1 atom stereocenters. The molecule has 24 heavy (non-hydrogen) atoms. The Labute approximate surface area is 141 Å². The van der Waals surface area contributed by atoms with Gasteiger partial charge in [0.25, 0.3) is 5.91 Å². The van der Waals surface area contributed by atoms with Gasteiger partial charge in [-0.05, 0) is 63.2 Å². The van der Waals surface area contributed by atoms with Gasteiger partial charge in [-0.2, -0.15) is 0 Å². The molecule has 5 heteroatoms. The van der Waals surface area contributed by atoms with Crippen LogP contribution in [0.5, 0.6) is 0 Å². The Balaban J connectivity index is 2.26. The first kappa shape index (κ1) is 16.7. The number of aromatic nitrogens is 1.